The fraction of sp³-hybridized carbons (Fsp3) is 0.500. The molecule has 0 amide bonds. The van der Waals surface area contributed by atoms with E-state index in [1.807, 2.05) is 21.6 Å². The first-order valence-corrected chi connectivity index (χ1v) is 9.52. The van der Waals surface area contributed by atoms with Crippen LogP contribution in [-0.4, -0.2) is 76.4 Å². The van der Waals surface area contributed by atoms with Crippen LogP contribution in [0.2, 0.25) is 0 Å². The Morgan fingerprint density at radius 3 is 2.46 bits per heavy atom. The predicted octanol–water partition coefficient (Wildman–Crippen LogP) is 1.89. The molecule has 0 aliphatic carbocycles. The lowest BCUT2D eigenvalue weighted by molar-refractivity contribution is -0.144. The maximum absolute atomic E-state index is 12.2. The average Bonchev–Trinajstić information content (AvgIpc) is 3.04. The minimum absolute atomic E-state index is 0.0256. The van der Waals surface area contributed by atoms with Gasteiger partial charge in [0.05, 0.1) is 13.5 Å². The first-order valence-electron chi connectivity index (χ1n) is 9.52. The van der Waals surface area contributed by atoms with Crippen molar-refractivity contribution in [2.24, 2.45) is 0 Å². The summed E-state index contributed by atoms with van der Waals surface area (Å²) >= 11 is 0. The van der Waals surface area contributed by atoms with Crippen LogP contribution in [-0.2, 0) is 16.1 Å². The maximum Gasteiger partial charge on any atom is 0.325 e. The molecule has 1 aliphatic rings. The Morgan fingerprint density at radius 1 is 1.18 bits per heavy atom. The van der Waals surface area contributed by atoms with Gasteiger partial charge in [0.15, 0.2) is 0 Å². The highest BCUT2D eigenvalue weighted by atomic mass is 16.5. The summed E-state index contributed by atoms with van der Waals surface area (Å²) in [6.45, 7) is 6.37. The van der Waals surface area contributed by atoms with Crippen molar-refractivity contribution in [3.8, 4) is 5.75 Å². The number of benzene rings is 1. The van der Waals surface area contributed by atoms with Gasteiger partial charge < -0.3 is 24.4 Å². The second kappa shape index (κ2) is 8.62. The minimum atomic E-state index is -0.898. The molecule has 1 fully saturated rings. The molecule has 3 rings (SSSR count). The number of carboxylic acid groups (broad SMARTS) is 2. The van der Waals surface area contributed by atoms with E-state index in [0.29, 0.717) is 24.4 Å². The Morgan fingerprint density at radius 2 is 1.89 bits per heavy atom. The molecular formula is C20H27N3O5. The van der Waals surface area contributed by atoms with Crippen molar-refractivity contribution in [2.45, 2.75) is 25.9 Å². The van der Waals surface area contributed by atoms with Crippen LogP contribution in [0.3, 0.4) is 0 Å². The summed E-state index contributed by atoms with van der Waals surface area (Å²) in [5.74, 6) is -1.14. The number of aryl methyl sites for hydroxylation is 1. The zero-order valence-electron chi connectivity index (χ0n) is 16.3. The van der Waals surface area contributed by atoms with Crippen LogP contribution in [0.15, 0.2) is 24.4 Å². The van der Waals surface area contributed by atoms with E-state index in [1.165, 1.54) is 0 Å². The highest BCUT2D eigenvalue weighted by Crippen LogP contribution is 2.33. The van der Waals surface area contributed by atoms with E-state index in [1.54, 1.807) is 19.4 Å². The number of aromatic nitrogens is 1. The number of methoxy groups -OCH3 is 1. The number of carboxylic acids is 2. The molecule has 2 heterocycles. The van der Waals surface area contributed by atoms with Crippen LogP contribution >= 0.6 is 0 Å². The number of hydrogen-bond acceptors (Lipinski definition) is 5. The van der Waals surface area contributed by atoms with Crippen molar-refractivity contribution >= 4 is 22.8 Å². The Labute approximate surface area is 163 Å². The van der Waals surface area contributed by atoms with Crippen LogP contribution in [0.4, 0.5) is 0 Å². The fourth-order valence-corrected chi connectivity index (χ4v) is 3.87. The second-order valence-corrected chi connectivity index (χ2v) is 7.02. The first-order chi connectivity index (χ1) is 13.4. The van der Waals surface area contributed by atoms with E-state index in [0.717, 1.165) is 30.5 Å². The number of hydrogen-bond donors (Lipinski definition) is 2. The van der Waals surface area contributed by atoms with Crippen LogP contribution in [0, 0.1) is 0 Å². The van der Waals surface area contributed by atoms with Crippen LogP contribution in [0.1, 0.15) is 24.9 Å². The Balaban J connectivity index is 2.02. The van der Waals surface area contributed by atoms with Crippen LogP contribution in [0.25, 0.3) is 10.9 Å². The van der Waals surface area contributed by atoms with E-state index in [-0.39, 0.29) is 13.0 Å². The molecule has 2 N–H and O–H groups in total. The van der Waals surface area contributed by atoms with Gasteiger partial charge in [-0.05, 0) is 24.7 Å². The lowest BCUT2D eigenvalue weighted by Crippen LogP contribution is -2.49. The molecule has 0 bridgehead atoms. The molecular weight excluding hydrogens is 362 g/mol. The number of likely N-dealkylation sites (N-methyl/N-ethyl adjacent to an activating group) is 1. The highest BCUT2D eigenvalue weighted by Gasteiger charge is 2.32. The van der Waals surface area contributed by atoms with Gasteiger partial charge >= 0.3 is 11.9 Å². The molecule has 28 heavy (non-hydrogen) atoms. The Hall–Kier alpha value is -2.58. The summed E-state index contributed by atoms with van der Waals surface area (Å²) in [4.78, 5) is 27.5. The van der Waals surface area contributed by atoms with Gasteiger partial charge in [-0.15, -0.1) is 0 Å². The molecule has 0 radical (unpaired) electrons. The second-order valence-electron chi connectivity index (χ2n) is 7.02. The lowest BCUT2D eigenvalue weighted by atomic mass is 10.0. The van der Waals surface area contributed by atoms with Crippen molar-refractivity contribution in [1.29, 1.82) is 0 Å². The van der Waals surface area contributed by atoms with Crippen molar-refractivity contribution in [3.63, 3.8) is 0 Å². The third-order valence-corrected chi connectivity index (χ3v) is 5.43. The van der Waals surface area contributed by atoms with E-state index in [4.69, 9.17) is 9.84 Å². The Kier molecular flexibility index (Phi) is 6.21. The number of carbonyl (C=O) groups is 2. The average molecular weight is 389 g/mol. The van der Waals surface area contributed by atoms with Crippen molar-refractivity contribution in [2.75, 3.05) is 39.8 Å². The monoisotopic (exact) mass is 389 g/mol. The van der Waals surface area contributed by atoms with E-state index < -0.39 is 18.0 Å². The molecule has 8 nitrogen and oxygen atoms in total. The molecule has 8 heteroatoms. The predicted molar refractivity (Wildman–Crippen MR) is 105 cm³/mol. The Bertz CT molecular complexity index is 855. The third kappa shape index (κ3) is 4.13. The number of fused-ring (bicyclic) bond motifs is 1. The molecule has 2 aromatic rings. The molecule has 1 saturated heterocycles. The van der Waals surface area contributed by atoms with E-state index in [9.17, 15) is 14.7 Å². The van der Waals surface area contributed by atoms with Gasteiger partial charge in [-0.3, -0.25) is 14.5 Å². The summed E-state index contributed by atoms with van der Waals surface area (Å²) in [5, 5.41) is 19.9. The maximum atomic E-state index is 12.2. The molecule has 152 valence electrons. The van der Waals surface area contributed by atoms with Gasteiger partial charge in [-0.2, -0.15) is 0 Å². The largest absolute Gasteiger partial charge is 0.497 e. The highest BCUT2D eigenvalue weighted by molar-refractivity contribution is 5.90. The van der Waals surface area contributed by atoms with Crippen molar-refractivity contribution in [3.05, 3.63) is 30.0 Å². The summed E-state index contributed by atoms with van der Waals surface area (Å²) in [7, 11) is 1.57. The van der Waals surface area contributed by atoms with Gasteiger partial charge in [-0.25, -0.2) is 0 Å². The summed E-state index contributed by atoms with van der Waals surface area (Å²) in [6, 6.07) is 4.71. The standard InChI is InChI=1S/C20H27N3O5/c1-3-21-8-10-22(11-9-21)19(20(26)27)16-13-23(7-6-18(24)25)17-5-4-14(28-2)12-15(16)17/h4-5,12-13,19H,3,6-11H2,1-2H3,(H,24,25)(H,26,27)/t19-/m0/s1. The molecule has 0 unspecified atom stereocenters. The smallest absolute Gasteiger partial charge is 0.325 e. The minimum Gasteiger partial charge on any atom is -0.497 e. The van der Waals surface area contributed by atoms with E-state index in [2.05, 4.69) is 11.8 Å². The van der Waals surface area contributed by atoms with Gasteiger partial charge in [0.2, 0.25) is 0 Å². The molecule has 1 aromatic carbocycles. The summed E-state index contributed by atoms with van der Waals surface area (Å²) < 4.78 is 7.16. The molecule has 1 aliphatic heterocycles. The topological polar surface area (TPSA) is 95.2 Å². The SMILES string of the molecule is CCN1CCN([C@H](C(=O)O)c2cn(CCC(=O)O)c3ccc(OC)cc23)CC1. The zero-order valence-corrected chi connectivity index (χ0v) is 16.3. The zero-order chi connectivity index (χ0) is 20.3. The van der Waals surface area contributed by atoms with Gasteiger partial charge in [0.25, 0.3) is 0 Å². The number of rotatable bonds is 8. The molecule has 0 saturated carbocycles. The van der Waals surface area contributed by atoms with Gasteiger partial charge in [0, 0.05) is 55.4 Å². The normalized spacial score (nSPS) is 16.9. The summed E-state index contributed by atoms with van der Waals surface area (Å²) in [5.41, 5.74) is 1.49. The van der Waals surface area contributed by atoms with Crippen LogP contribution in [0.5, 0.6) is 5.75 Å². The molecule has 0 spiro atoms. The number of ether oxygens (including phenoxy) is 1. The molecule has 1 aromatic heterocycles. The van der Waals surface area contributed by atoms with Gasteiger partial charge in [0.1, 0.15) is 11.8 Å². The van der Waals surface area contributed by atoms with E-state index >= 15 is 0 Å². The van der Waals surface area contributed by atoms with Crippen molar-refractivity contribution < 1.29 is 24.5 Å². The third-order valence-electron chi connectivity index (χ3n) is 5.43. The summed E-state index contributed by atoms with van der Waals surface area (Å²) in [6.07, 6.45) is 1.76. The molecule has 1 atom stereocenters. The first kappa shape index (κ1) is 20.2. The number of aliphatic carboxylic acids is 2. The van der Waals surface area contributed by atoms with Crippen molar-refractivity contribution in [1.82, 2.24) is 14.4 Å². The number of nitrogens with zero attached hydrogens (tertiary/aromatic N) is 3. The van der Waals surface area contributed by atoms with Crippen LogP contribution < -0.4 is 4.74 Å². The number of piperazine rings is 1. The van der Waals surface area contributed by atoms with Gasteiger partial charge in [-0.1, -0.05) is 6.92 Å². The fourth-order valence-electron chi connectivity index (χ4n) is 3.87. The lowest BCUT2D eigenvalue weighted by Gasteiger charge is -2.37. The quantitative estimate of drug-likeness (QED) is 0.712.